The van der Waals surface area contributed by atoms with Crippen molar-refractivity contribution in [1.29, 1.82) is 0 Å². The number of benzene rings is 1. The number of hydrogen-bond donors (Lipinski definition) is 2. The van der Waals surface area contributed by atoms with Gasteiger partial charge in [0.15, 0.2) is 0 Å². The van der Waals surface area contributed by atoms with E-state index in [4.69, 9.17) is 5.73 Å². The van der Waals surface area contributed by atoms with Crippen molar-refractivity contribution in [3.63, 3.8) is 0 Å². The Morgan fingerprint density at radius 1 is 1.45 bits per heavy atom. The number of nitrogens with zero attached hydrogens (tertiary/aromatic N) is 4. The number of rotatable bonds is 6. The number of anilines is 1. The topological polar surface area (TPSA) is 98.2 Å². The molecule has 0 fully saturated rings. The summed E-state index contributed by atoms with van der Waals surface area (Å²) in [6.07, 6.45) is 4.29. The van der Waals surface area contributed by atoms with Crippen LogP contribution < -0.4 is 11.1 Å². The van der Waals surface area contributed by atoms with E-state index in [2.05, 4.69) is 20.6 Å². The Hall–Kier alpha value is -2.35. The van der Waals surface area contributed by atoms with Crippen LogP contribution in [-0.4, -0.2) is 43.8 Å². The lowest BCUT2D eigenvalue weighted by Crippen LogP contribution is -2.36. The molecule has 3 rings (SSSR count). The van der Waals surface area contributed by atoms with Crippen molar-refractivity contribution < 1.29 is 4.79 Å². The number of hydrogen-bond acceptors (Lipinski definition) is 6. The maximum atomic E-state index is 11.6. The zero-order valence-corrected chi connectivity index (χ0v) is 12.9. The average Bonchev–Trinajstić information content (AvgIpc) is 3.01. The zero-order chi connectivity index (χ0) is 15.5. The van der Waals surface area contributed by atoms with Crippen molar-refractivity contribution in [2.75, 3.05) is 17.3 Å². The van der Waals surface area contributed by atoms with Crippen LogP contribution in [-0.2, 0) is 4.79 Å². The van der Waals surface area contributed by atoms with Gasteiger partial charge in [-0.25, -0.2) is 4.98 Å². The number of primary amides is 1. The quantitative estimate of drug-likeness (QED) is 0.711. The fourth-order valence-corrected chi connectivity index (χ4v) is 2.77. The molecule has 0 saturated carbocycles. The second kappa shape index (κ2) is 6.18. The number of thioether (sulfide) groups is 1. The molecule has 8 heteroatoms. The highest BCUT2D eigenvalue weighted by Gasteiger charge is 2.18. The standard InChI is InChI=1S/C14H16N6OS/c1-22-7-6-11(13(15)21)18-14-17-10-5-3-2-4-9(10)12-8-16-19-20(12)14/h2-5,8,11H,6-7H2,1H3,(H2,15,21)(H,17,18)/t11-/m1/s1. The monoisotopic (exact) mass is 316 g/mol. The number of aromatic nitrogens is 4. The van der Waals surface area contributed by atoms with E-state index in [1.807, 2.05) is 30.5 Å². The number of nitrogens with two attached hydrogens (primary N) is 1. The molecule has 1 atom stereocenters. The molecule has 0 radical (unpaired) electrons. The van der Waals surface area contributed by atoms with Gasteiger partial charge < -0.3 is 11.1 Å². The second-order valence-corrected chi connectivity index (χ2v) is 5.85. The van der Waals surface area contributed by atoms with E-state index >= 15 is 0 Å². The van der Waals surface area contributed by atoms with Gasteiger partial charge in [-0.15, -0.1) is 5.10 Å². The Labute approximate surface area is 131 Å². The second-order valence-electron chi connectivity index (χ2n) is 4.86. The van der Waals surface area contributed by atoms with E-state index in [9.17, 15) is 4.79 Å². The van der Waals surface area contributed by atoms with Gasteiger partial charge >= 0.3 is 0 Å². The van der Waals surface area contributed by atoms with Crippen molar-refractivity contribution >= 4 is 40.0 Å². The number of fused-ring (bicyclic) bond motifs is 3. The van der Waals surface area contributed by atoms with Gasteiger partial charge in [-0.2, -0.15) is 16.3 Å². The number of nitrogens with one attached hydrogen (secondary N) is 1. The van der Waals surface area contributed by atoms with Gasteiger partial charge in [-0.1, -0.05) is 23.4 Å². The van der Waals surface area contributed by atoms with E-state index in [1.165, 1.54) is 0 Å². The van der Waals surface area contributed by atoms with Crippen LogP contribution in [0.25, 0.3) is 16.4 Å². The summed E-state index contributed by atoms with van der Waals surface area (Å²) >= 11 is 1.66. The predicted molar refractivity (Wildman–Crippen MR) is 87.9 cm³/mol. The summed E-state index contributed by atoms with van der Waals surface area (Å²) < 4.78 is 1.59. The highest BCUT2D eigenvalue weighted by atomic mass is 32.2. The molecule has 0 spiro atoms. The summed E-state index contributed by atoms with van der Waals surface area (Å²) in [6, 6.07) is 7.24. The smallest absolute Gasteiger partial charge is 0.240 e. The van der Waals surface area contributed by atoms with Crippen LogP contribution in [0.4, 0.5) is 5.95 Å². The van der Waals surface area contributed by atoms with Gasteiger partial charge in [0.1, 0.15) is 6.04 Å². The third-order valence-corrected chi connectivity index (χ3v) is 4.06. The molecule has 0 saturated heterocycles. The van der Waals surface area contributed by atoms with Crippen molar-refractivity contribution in [1.82, 2.24) is 19.8 Å². The first-order valence-corrected chi connectivity index (χ1v) is 8.24. The maximum Gasteiger partial charge on any atom is 0.240 e. The minimum atomic E-state index is -0.492. The first-order chi connectivity index (χ1) is 10.7. The number of carbonyl (C=O) groups excluding carboxylic acids is 1. The molecule has 0 aliphatic rings. The molecular weight excluding hydrogens is 300 g/mol. The molecule has 0 unspecified atom stereocenters. The molecule has 0 bridgehead atoms. The normalized spacial score (nSPS) is 12.6. The van der Waals surface area contributed by atoms with Crippen LogP contribution in [0.3, 0.4) is 0 Å². The lowest BCUT2D eigenvalue weighted by atomic mass is 10.2. The van der Waals surface area contributed by atoms with Crippen LogP contribution >= 0.6 is 11.8 Å². The molecule has 7 nitrogen and oxygen atoms in total. The summed E-state index contributed by atoms with van der Waals surface area (Å²) in [5.41, 5.74) is 7.12. The molecule has 0 aliphatic carbocycles. The highest BCUT2D eigenvalue weighted by molar-refractivity contribution is 7.98. The molecule has 114 valence electrons. The van der Waals surface area contributed by atoms with Crippen molar-refractivity contribution in [3.05, 3.63) is 30.5 Å². The van der Waals surface area contributed by atoms with E-state index in [-0.39, 0.29) is 0 Å². The third-order valence-electron chi connectivity index (χ3n) is 3.41. The first kappa shape index (κ1) is 14.6. The molecule has 3 aromatic rings. The van der Waals surface area contributed by atoms with E-state index in [1.54, 1.807) is 22.5 Å². The minimum Gasteiger partial charge on any atom is -0.368 e. The van der Waals surface area contributed by atoms with Crippen LogP contribution in [0.1, 0.15) is 6.42 Å². The van der Waals surface area contributed by atoms with Gasteiger partial charge in [0.05, 0.1) is 17.2 Å². The fraction of sp³-hybridized carbons (Fsp3) is 0.286. The van der Waals surface area contributed by atoms with Crippen LogP contribution in [0, 0.1) is 0 Å². The Kier molecular flexibility index (Phi) is 4.10. The molecule has 22 heavy (non-hydrogen) atoms. The Bertz CT molecular complexity index is 817. The zero-order valence-electron chi connectivity index (χ0n) is 12.1. The number of carbonyl (C=O) groups is 1. The molecule has 2 aromatic heterocycles. The highest BCUT2D eigenvalue weighted by Crippen LogP contribution is 2.21. The summed E-state index contributed by atoms with van der Waals surface area (Å²) in [5, 5.41) is 12.0. The van der Waals surface area contributed by atoms with Gasteiger partial charge in [-0.3, -0.25) is 4.79 Å². The Morgan fingerprint density at radius 3 is 3.05 bits per heavy atom. The lowest BCUT2D eigenvalue weighted by Gasteiger charge is -2.16. The Balaban J connectivity index is 2.04. The van der Waals surface area contributed by atoms with Crippen molar-refractivity contribution in [3.8, 4) is 0 Å². The van der Waals surface area contributed by atoms with E-state index < -0.39 is 11.9 Å². The van der Waals surface area contributed by atoms with Crippen molar-refractivity contribution in [2.24, 2.45) is 5.73 Å². The van der Waals surface area contributed by atoms with Gasteiger partial charge in [0, 0.05) is 5.39 Å². The summed E-state index contributed by atoms with van der Waals surface area (Å²) in [5.74, 6) is 0.891. The van der Waals surface area contributed by atoms with Gasteiger partial charge in [-0.05, 0) is 24.5 Å². The largest absolute Gasteiger partial charge is 0.368 e. The van der Waals surface area contributed by atoms with Gasteiger partial charge in [0.2, 0.25) is 11.9 Å². The molecule has 1 aromatic carbocycles. The summed E-state index contributed by atoms with van der Waals surface area (Å²) in [7, 11) is 0. The summed E-state index contributed by atoms with van der Waals surface area (Å²) in [4.78, 5) is 16.2. The SMILES string of the molecule is CSCC[C@@H](Nc1nc2ccccc2c2cnnn12)C(N)=O. The molecular formula is C14H16N6OS. The van der Waals surface area contributed by atoms with Crippen LogP contribution in [0.15, 0.2) is 30.5 Å². The molecule has 1 amide bonds. The number of amides is 1. The fourth-order valence-electron chi connectivity index (χ4n) is 2.29. The Morgan fingerprint density at radius 2 is 2.27 bits per heavy atom. The van der Waals surface area contributed by atoms with Gasteiger partial charge in [0.25, 0.3) is 0 Å². The first-order valence-electron chi connectivity index (χ1n) is 6.84. The average molecular weight is 316 g/mol. The summed E-state index contributed by atoms with van der Waals surface area (Å²) in [6.45, 7) is 0. The molecule has 3 N–H and O–H groups in total. The van der Waals surface area contributed by atoms with Crippen LogP contribution in [0.2, 0.25) is 0 Å². The number of para-hydroxylation sites is 1. The molecule has 0 aliphatic heterocycles. The third kappa shape index (κ3) is 2.69. The van der Waals surface area contributed by atoms with E-state index in [0.717, 1.165) is 22.2 Å². The predicted octanol–water partition coefficient (Wildman–Crippen LogP) is 1.30. The van der Waals surface area contributed by atoms with Crippen molar-refractivity contribution in [2.45, 2.75) is 12.5 Å². The van der Waals surface area contributed by atoms with E-state index in [0.29, 0.717) is 12.4 Å². The lowest BCUT2D eigenvalue weighted by molar-refractivity contribution is -0.118. The molecule has 2 heterocycles. The maximum absolute atomic E-state index is 11.6. The van der Waals surface area contributed by atoms with Crippen LogP contribution in [0.5, 0.6) is 0 Å². The minimum absolute atomic E-state index is 0.405.